The summed E-state index contributed by atoms with van der Waals surface area (Å²) >= 11 is 0. The van der Waals surface area contributed by atoms with Crippen LogP contribution in [0.1, 0.15) is 5.56 Å². The largest absolute Gasteiger partial charge is 0.380 e. The third-order valence-electron chi connectivity index (χ3n) is 3.21. The first-order valence-electron chi connectivity index (χ1n) is 5.88. The van der Waals surface area contributed by atoms with E-state index in [4.69, 9.17) is 9.47 Å². The Labute approximate surface area is 103 Å². The van der Waals surface area contributed by atoms with Gasteiger partial charge in [0, 0.05) is 39.2 Å². The Morgan fingerprint density at radius 2 is 2.12 bits per heavy atom. The smallest absolute Gasteiger partial charge is 0.173 e. The van der Waals surface area contributed by atoms with Gasteiger partial charge in [-0.15, -0.1) is 0 Å². The molecule has 2 rings (SSSR count). The molecule has 1 heterocycles. The molecule has 4 heteroatoms. The van der Waals surface area contributed by atoms with Crippen molar-refractivity contribution >= 4 is 11.4 Å². The lowest BCUT2D eigenvalue weighted by Gasteiger charge is -2.16. The molecule has 1 aliphatic heterocycles. The Balaban J connectivity index is 1.99. The maximum absolute atomic E-state index is 5.14. The number of rotatable bonds is 5. The van der Waals surface area contributed by atoms with Crippen molar-refractivity contribution in [3.8, 4) is 0 Å². The molecule has 1 aromatic carbocycles. The average molecular weight is 236 g/mol. The highest BCUT2D eigenvalue weighted by Gasteiger charge is 2.15. The van der Waals surface area contributed by atoms with Crippen LogP contribution in [0.3, 0.4) is 0 Å². The van der Waals surface area contributed by atoms with Crippen molar-refractivity contribution in [3.05, 3.63) is 23.8 Å². The van der Waals surface area contributed by atoms with Gasteiger partial charge in [0.15, 0.2) is 6.29 Å². The quantitative estimate of drug-likeness (QED) is 0.789. The van der Waals surface area contributed by atoms with Crippen molar-refractivity contribution in [1.82, 2.24) is 0 Å². The van der Waals surface area contributed by atoms with E-state index in [9.17, 15) is 0 Å². The van der Waals surface area contributed by atoms with Crippen molar-refractivity contribution in [1.29, 1.82) is 0 Å². The van der Waals surface area contributed by atoms with Crippen molar-refractivity contribution in [2.45, 2.75) is 12.7 Å². The van der Waals surface area contributed by atoms with E-state index in [-0.39, 0.29) is 6.29 Å². The topological polar surface area (TPSA) is 33.7 Å². The van der Waals surface area contributed by atoms with Gasteiger partial charge in [0.2, 0.25) is 0 Å². The molecule has 0 unspecified atom stereocenters. The number of hydrogen-bond acceptors (Lipinski definition) is 4. The van der Waals surface area contributed by atoms with E-state index in [0.29, 0.717) is 6.54 Å². The standard InChI is InChI=1S/C13H20N2O2/c1-15-7-6-10-8-11(4-5-12(10)15)14-9-13(16-2)17-3/h4-5,8,13-14H,6-7,9H2,1-3H3. The monoisotopic (exact) mass is 236 g/mol. The molecule has 17 heavy (non-hydrogen) atoms. The van der Waals surface area contributed by atoms with Crippen LogP contribution in [-0.4, -0.2) is 40.6 Å². The molecule has 0 atom stereocenters. The molecule has 0 aliphatic carbocycles. The van der Waals surface area contributed by atoms with Crippen molar-refractivity contribution in [2.24, 2.45) is 0 Å². The van der Waals surface area contributed by atoms with Crippen molar-refractivity contribution in [3.63, 3.8) is 0 Å². The van der Waals surface area contributed by atoms with E-state index in [1.807, 2.05) is 0 Å². The number of methoxy groups -OCH3 is 2. The zero-order valence-electron chi connectivity index (χ0n) is 10.7. The van der Waals surface area contributed by atoms with Crippen LogP contribution in [0.25, 0.3) is 0 Å². The van der Waals surface area contributed by atoms with E-state index in [1.54, 1.807) is 14.2 Å². The predicted octanol–water partition coefficient (Wildman–Crippen LogP) is 1.71. The second-order valence-corrected chi connectivity index (χ2v) is 4.30. The number of benzene rings is 1. The Kier molecular flexibility index (Phi) is 3.86. The van der Waals surface area contributed by atoms with Crippen LogP contribution >= 0.6 is 0 Å². The van der Waals surface area contributed by atoms with Gasteiger partial charge in [-0.3, -0.25) is 0 Å². The summed E-state index contributed by atoms with van der Waals surface area (Å²) in [6, 6.07) is 6.48. The fourth-order valence-electron chi connectivity index (χ4n) is 2.14. The Morgan fingerprint density at radius 3 is 2.82 bits per heavy atom. The minimum absolute atomic E-state index is 0.203. The average Bonchev–Trinajstić information content (AvgIpc) is 2.72. The number of ether oxygens (including phenoxy) is 2. The molecule has 0 amide bonds. The van der Waals surface area contributed by atoms with Crippen LogP contribution in [0, 0.1) is 0 Å². The van der Waals surface area contributed by atoms with Crippen LogP contribution in [0.5, 0.6) is 0 Å². The molecule has 0 saturated carbocycles. The Hall–Kier alpha value is -1.26. The molecular formula is C13H20N2O2. The zero-order chi connectivity index (χ0) is 12.3. The number of nitrogens with zero attached hydrogens (tertiary/aromatic N) is 1. The van der Waals surface area contributed by atoms with Gasteiger partial charge in [-0.05, 0) is 30.2 Å². The summed E-state index contributed by atoms with van der Waals surface area (Å²) in [7, 11) is 5.42. The molecule has 1 N–H and O–H groups in total. The zero-order valence-corrected chi connectivity index (χ0v) is 10.7. The second-order valence-electron chi connectivity index (χ2n) is 4.30. The number of nitrogens with one attached hydrogen (secondary N) is 1. The molecule has 1 aromatic rings. The lowest BCUT2D eigenvalue weighted by molar-refractivity contribution is -0.0914. The summed E-state index contributed by atoms with van der Waals surface area (Å²) in [4.78, 5) is 2.28. The van der Waals surface area contributed by atoms with Gasteiger partial charge < -0.3 is 19.7 Å². The van der Waals surface area contributed by atoms with Crippen LogP contribution in [0.15, 0.2) is 18.2 Å². The highest BCUT2D eigenvalue weighted by Crippen LogP contribution is 2.29. The number of hydrogen-bond donors (Lipinski definition) is 1. The van der Waals surface area contributed by atoms with Gasteiger partial charge >= 0.3 is 0 Å². The molecule has 4 nitrogen and oxygen atoms in total. The Bertz CT molecular complexity index is 378. The third kappa shape index (κ3) is 2.70. The van der Waals surface area contributed by atoms with Gasteiger partial charge in [0.1, 0.15) is 0 Å². The molecule has 0 aromatic heterocycles. The first kappa shape index (κ1) is 12.2. The highest BCUT2D eigenvalue weighted by atomic mass is 16.7. The van der Waals surface area contributed by atoms with Crippen LogP contribution in [0.2, 0.25) is 0 Å². The van der Waals surface area contributed by atoms with E-state index >= 15 is 0 Å². The third-order valence-corrected chi connectivity index (χ3v) is 3.21. The highest BCUT2D eigenvalue weighted by molar-refractivity contribution is 5.63. The van der Waals surface area contributed by atoms with Crippen molar-refractivity contribution in [2.75, 3.05) is 44.6 Å². The minimum atomic E-state index is -0.203. The maximum atomic E-state index is 5.14. The van der Waals surface area contributed by atoms with Gasteiger partial charge in [0.05, 0.1) is 6.54 Å². The van der Waals surface area contributed by atoms with E-state index in [1.165, 1.54) is 11.3 Å². The number of anilines is 2. The maximum Gasteiger partial charge on any atom is 0.173 e. The summed E-state index contributed by atoms with van der Waals surface area (Å²) in [5.74, 6) is 0. The number of fused-ring (bicyclic) bond motifs is 1. The molecule has 0 saturated heterocycles. The molecule has 0 bridgehead atoms. The van der Waals surface area contributed by atoms with Crippen molar-refractivity contribution < 1.29 is 9.47 Å². The summed E-state index contributed by atoms with van der Waals surface area (Å²) in [6.45, 7) is 1.76. The van der Waals surface area contributed by atoms with E-state index < -0.39 is 0 Å². The van der Waals surface area contributed by atoms with E-state index in [0.717, 1.165) is 18.7 Å². The van der Waals surface area contributed by atoms with Crippen LogP contribution in [-0.2, 0) is 15.9 Å². The molecule has 0 fully saturated rings. The fraction of sp³-hybridized carbons (Fsp3) is 0.538. The molecule has 1 aliphatic rings. The van der Waals surface area contributed by atoms with Gasteiger partial charge in [-0.25, -0.2) is 0 Å². The lowest BCUT2D eigenvalue weighted by Crippen LogP contribution is -2.23. The fourth-order valence-corrected chi connectivity index (χ4v) is 2.14. The molecule has 94 valence electrons. The second kappa shape index (κ2) is 5.38. The first-order chi connectivity index (χ1) is 8.24. The molecular weight excluding hydrogens is 216 g/mol. The lowest BCUT2D eigenvalue weighted by atomic mass is 10.1. The first-order valence-corrected chi connectivity index (χ1v) is 5.88. The minimum Gasteiger partial charge on any atom is -0.380 e. The van der Waals surface area contributed by atoms with Gasteiger partial charge in [-0.2, -0.15) is 0 Å². The molecule has 0 radical (unpaired) electrons. The summed E-state index contributed by atoms with van der Waals surface area (Å²) < 4.78 is 10.3. The van der Waals surface area contributed by atoms with Crippen LogP contribution < -0.4 is 10.2 Å². The summed E-state index contributed by atoms with van der Waals surface area (Å²) in [5, 5.41) is 3.32. The van der Waals surface area contributed by atoms with Crippen LogP contribution in [0.4, 0.5) is 11.4 Å². The SMILES string of the molecule is COC(CNc1ccc2c(c1)CCN2C)OC. The van der Waals surface area contributed by atoms with Gasteiger partial charge in [-0.1, -0.05) is 0 Å². The normalized spacial score (nSPS) is 14.2. The Morgan fingerprint density at radius 1 is 1.35 bits per heavy atom. The number of likely N-dealkylation sites (N-methyl/N-ethyl adjacent to an activating group) is 1. The summed E-state index contributed by atoms with van der Waals surface area (Å²) in [6.07, 6.45) is 0.921. The summed E-state index contributed by atoms with van der Waals surface area (Å²) in [5.41, 5.74) is 3.87. The predicted molar refractivity (Wildman–Crippen MR) is 69.7 cm³/mol. The van der Waals surface area contributed by atoms with E-state index in [2.05, 4.69) is 35.5 Å². The molecule has 0 spiro atoms. The van der Waals surface area contributed by atoms with Gasteiger partial charge in [0.25, 0.3) is 0 Å².